The summed E-state index contributed by atoms with van der Waals surface area (Å²) in [4.78, 5) is 0. The van der Waals surface area contributed by atoms with Gasteiger partial charge in [-0.1, -0.05) is 0 Å². The highest BCUT2D eigenvalue weighted by atomic mass is 15.2. The van der Waals surface area contributed by atoms with E-state index in [1.807, 2.05) is 0 Å². The van der Waals surface area contributed by atoms with Crippen LogP contribution in [0.3, 0.4) is 0 Å². The predicted molar refractivity (Wildman–Crippen MR) is 70.8 cm³/mol. The van der Waals surface area contributed by atoms with Crippen LogP contribution < -0.4 is 22.5 Å². The molecule has 0 aliphatic heterocycles. The molecule has 0 amide bonds. The molecule has 4 nitrogen and oxygen atoms in total. The van der Waals surface area contributed by atoms with Gasteiger partial charge in [-0.3, -0.25) is 22.5 Å². The summed E-state index contributed by atoms with van der Waals surface area (Å²) in [7, 11) is 0. The van der Waals surface area contributed by atoms with Crippen molar-refractivity contribution in [3.63, 3.8) is 0 Å². The van der Waals surface area contributed by atoms with Crippen LogP contribution >= 0.6 is 0 Å². The predicted octanol–water partition coefficient (Wildman–Crippen LogP) is 1.42. The zero-order valence-corrected chi connectivity index (χ0v) is 10.8. The van der Waals surface area contributed by atoms with E-state index in [0.29, 0.717) is 12.1 Å². The molecule has 2 saturated carbocycles. The van der Waals surface area contributed by atoms with Crippen LogP contribution in [0, 0.1) is 11.8 Å². The highest BCUT2D eigenvalue weighted by Crippen LogP contribution is 2.35. The van der Waals surface area contributed by atoms with Crippen LogP contribution in [0.1, 0.15) is 57.8 Å². The molecule has 0 aromatic carbocycles. The van der Waals surface area contributed by atoms with E-state index >= 15 is 0 Å². The third-order valence-corrected chi connectivity index (χ3v) is 4.83. The molecule has 0 atom stereocenters. The Balaban J connectivity index is 1.65. The van der Waals surface area contributed by atoms with Gasteiger partial charge in [0.05, 0.1) is 0 Å². The second-order valence-electron chi connectivity index (χ2n) is 6.00. The van der Waals surface area contributed by atoms with Gasteiger partial charge in [-0.25, -0.2) is 0 Å². The van der Waals surface area contributed by atoms with Gasteiger partial charge < -0.3 is 0 Å². The second kappa shape index (κ2) is 6.69. The molecule has 0 bridgehead atoms. The first kappa shape index (κ1) is 13.3. The molecule has 0 unspecified atom stereocenters. The maximum absolute atomic E-state index is 5.49. The van der Waals surface area contributed by atoms with Crippen LogP contribution in [0.15, 0.2) is 0 Å². The van der Waals surface area contributed by atoms with Gasteiger partial charge in [0.15, 0.2) is 0 Å². The topological polar surface area (TPSA) is 76.1 Å². The van der Waals surface area contributed by atoms with Crippen molar-refractivity contribution in [1.29, 1.82) is 0 Å². The summed E-state index contributed by atoms with van der Waals surface area (Å²) in [6.45, 7) is 0. The van der Waals surface area contributed by atoms with Gasteiger partial charge in [-0.2, -0.15) is 0 Å². The Hall–Kier alpha value is -0.160. The van der Waals surface area contributed by atoms with Crippen molar-refractivity contribution >= 4 is 0 Å². The maximum Gasteiger partial charge on any atom is 0.0210 e. The Kier molecular flexibility index (Phi) is 5.22. The van der Waals surface area contributed by atoms with Crippen LogP contribution in [0.25, 0.3) is 0 Å². The molecule has 2 rings (SSSR count). The summed E-state index contributed by atoms with van der Waals surface area (Å²) in [5.74, 6) is 12.9. The Morgan fingerprint density at radius 2 is 1.00 bits per heavy atom. The summed E-state index contributed by atoms with van der Waals surface area (Å²) in [6.07, 6.45) is 12.0. The largest absolute Gasteiger partial charge is 0.271 e. The van der Waals surface area contributed by atoms with Gasteiger partial charge in [0, 0.05) is 12.1 Å². The standard InChI is InChI=1S/C13H28N4/c14-16-12-5-1-10(2-6-12)9-11-3-7-13(17-15)8-4-11/h10-13,16-17H,1-9,14-15H2. The SMILES string of the molecule is NNC1CCC(CC2CCC(NN)CC2)CC1. The van der Waals surface area contributed by atoms with Crippen LogP contribution in [-0.4, -0.2) is 12.1 Å². The Morgan fingerprint density at radius 3 is 1.29 bits per heavy atom. The van der Waals surface area contributed by atoms with Crippen LogP contribution in [0.4, 0.5) is 0 Å². The number of hydrazine groups is 2. The Labute approximate surface area is 105 Å². The van der Waals surface area contributed by atoms with Gasteiger partial charge in [0.25, 0.3) is 0 Å². The van der Waals surface area contributed by atoms with Crippen molar-refractivity contribution in [3.05, 3.63) is 0 Å². The fourth-order valence-corrected chi connectivity index (χ4v) is 3.60. The lowest BCUT2D eigenvalue weighted by molar-refractivity contribution is 0.207. The summed E-state index contributed by atoms with van der Waals surface area (Å²) < 4.78 is 0. The van der Waals surface area contributed by atoms with Crippen molar-refractivity contribution in [2.24, 2.45) is 23.5 Å². The van der Waals surface area contributed by atoms with E-state index in [9.17, 15) is 0 Å². The van der Waals surface area contributed by atoms with Gasteiger partial charge in [0.1, 0.15) is 0 Å². The smallest absolute Gasteiger partial charge is 0.0210 e. The maximum atomic E-state index is 5.49. The van der Waals surface area contributed by atoms with Gasteiger partial charge in [0.2, 0.25) is 0 Å². The second-order valence-corrected chi connectivity index (χ2v) is 6.00. The molecule has 0 spiro atoms. The minimum absolute atomic E-state index is 0.573. The average Bonchev–Trinajstić information content (AvgIpc) is 2.40. The quantitative estimate of drug-likeness (QED) is 0.443. The normalized spacial score (nSPS) is 39.2. The van der Waals surface area contributed by atoms with E-state index in [1.54, 1.807) is 0 Å². The van der Waals surface area contributed by atoms with E-state index in [0.717, 1.165) is 11.8 Å². The van der Waals surface area contributed by atoms with E-state index < -0.39 is 0 Å². The minimum atomic E-state index is 0.573. The molecule has 2 fully saturated rings. The molecule has 0 radical (unpaired) electrons. The fraction of sp³-hybridized carbons (Fsp3) is 1.00. The van der Waals surface area contributed by atoms with Crippen LogP contribution in [0.2, 0.25) is 0 Å². The van der Waals surface area contributed by atoms with Crippen molar-refractivity contribution in [2.75, 3.05) is 0 Å². The molecule has 0 aromatic heterocycles. The zero-order chi connectivity index (χ0) is 12.1. The zero-order valence-electron chi connectivity index (χ0n) is 10.8. The molecule has 2 aliphatic carbocycles. The molecule has 0 heterocycles. The lowest BCUT2D eigenvalue weighted by atomic mass is 9.76. The molecule has 6 N–H and O–H groups in total. The summed E-state index contributed by atoms with van der Waals surface area (Å²) >= 11 is 0. The Morgan fingerprint density at radius 1 is 0.647 bits per heavy atom. The van der Waals surface area contributed by atoms with Crippen molar-refractivity contribution in [2.45, 2.75) is 69.9 Å². The number of hydrogen-bond donors (Lipinski definition) is 4. The third kappa shape index (κ3) is 3.91. The average molecular weight is 240 g/mol. The summed E-state index contributed by atoms with van der Waals surface area (Å²) in [5, 5.41) is 0. The van der Waals surface area contributed by atoms with E-state index in [2.05, 4.69) is 10.9 Å². The van der Waals surface area contributed by atoms with E-state index in [4.69, 9.17) is 11.7 Å². The monoisotopic (exact) mass is 240 g/mol. The summed E-state index contributed by atoms with van der Waals surface area (Å²) in [5.41, 5.74) is 5.84. The van der Waals surface area contributed by atoms with Crippen LogP contribution in [-0.2, 0) is 0 Å². The minimum Gasteiger partial charge on any atom is -0.271 e. The third-order valence-electron chi connectivity index (χ3n) is 4.83. The molecule has 100 valence electrons. The molecule has 17 heavy (non-hydrogen) atoms. The summed E-state index contributed by atoms with van der Waals surface area (Å²) in [6, 6.07) is 1.15. The van der Waals surface area contributed by atoms with Crippen molar-refractivity contribution < 1.29 is 0 Å². The van der Waals surface area contributed by atoms with Gasteiger partial charge in [-0.15, -0.1) is 0 Å². The van der Waals surface area contributed by atoms with Crippen molar-refractivity contribution in [3.8, 4) is 0 Å². The molecule has 2 aliphatic rings. The number of nitrogens with two attached hydrogens (primary N) is 2. The fourth-order valence-electron chi connectivity index (χ4n) is 3.60. The van der Waals surface area contributed by atoms with Crippen molar-refractivity contribution in [1.82, 2.24) is 10.9 Å². The van der Waals surface area contributed by atoms with Gasteiger partial charge >= 0.3 is 0 Å². The first-order valence-electron chi connectivity index (χ1n) is 7.24. The van der Waals surface area contributed by atoms with E-state index in [-0.39, 0.29) is 0 Å². The molecule has 4 heteroatoms. The highest BCUT2D eigenvalue weighted by Gasteiger charge is 2.26. The lowest BCUT2D eigenvalue weighted by Gasteiger charge is -2.33. The molecular weight excluding hydrogens is 212 g/mol. The number of nitrogens with one attached hydrogen (secondary N) is 2. The van der Waals surface area contributed by atoms with Gasteiger partial charge in [-0.05, 0) is 69.6 Å². The number of hydrogen-bond acceptors (Lipinski definition) is 4. The Bertz CT molecular complexity index is 183. The number of rotatable bonds is 4. The first-order valence-corrected chi connectivity index (χ1v) is 7.24. The lowest BCUT2D eigenvalue weighted by Crippen LogP contribution is -2.39. The van der Waals surface area contributed by atoms with E-state index in [1.165, 1.54) is 57.8 Å². The first-order chi connectivity index (χ1) is 8.31. The highest BCUT2D eigenvalue weighted by molar-refractivity contribution is 4.81. The molecule has 0 aromatic rings. The molecule has 0 saturated heterocycles. The van der Waals surface area contributed by atoms with Crippen LogP contribution in [0.5, 0.6) is 0 Å². The molecular formula is C13H28N4.